The third-order valence-corrected chi connectivity index (χ3v) is 7.58. The van der Waals surface area contributed by atoms with Crippen LogP contribution in [0, 0.1) is 11.2 Å². The van der Waals surface area contributed by atoms with E-state index in [2.05, 4.69) is 4.74 Å². The monoisotopic (exact) mass is 639 g/mol. The van der Waals surface area contributed by atoms with Gasteiger partial charge in [-0.1, -0.05) is 20.8 Å². The third kappa shape index (κ3) is 6.80. The number of anilines is 1. The van der Waals surface area contributed by atoms with Gasteiger partial charge in [0.05, 0.1) is 44.7 Å². The molecule has 1 fully saturated rings. The Hall–Kier alpha value is -4.07. The van der Waals surface area contributed by atoms with Crippen molar-refractivity contribution in [3.63, 3.8) is 0 Å². The number of ketones is 1. The van der Waals surface area contributed by atoms with Gasteiger partial charge < -0.3 is 33.9 Å². The molecule has 2 atom stereocenters. The molecule has 0 aromatic heterocycles. The average Bonchev–Trinajstić information content (AvgIpc) is 3.47. The van der Waals surface area contributed by atoms with Crippen LogP contribution < -0.4 is 19.1 Å². The van der Waals surface area contributed by atoms with Crippen molar-refractivity contribution < 1.29 is 51.2 Å². The molecule has 0 radical (unpaired) electrons. The van der Waals surface area contributed by atoms with Crippen LogP contribution in [-0.4, -0.2) is 85.9 Å². The Morgan fingerprint density at radius 1 is 1.04 bits per heavy atom. The smallest absolute Gasteiger partial charge is 0.490 e. The maximum absolute atomic E-state index is 15.5. The van der Waals surface area contributed by atoms with Crippen LogP contribution in [0.2, 0.25) is 0 Å². The molecule has 0 unspecified atom stereocenters. The molecule has 0 spiro atoms. The summed E-state index contributed by atoms with van der Waals surface area (Å²) < 4.78 is 75.3. The number of fused-ring (bicyclic) bond motifs is 1. The van der Waals surface area contributed by atoms with E-state index in [1.165, 1.54) is 23.0 Å². The highest BCUT2D eigenvalue weighted by Gasteiger charge is 2.46. The number of hydrogen-bond donors (Lipinski definition) is 2. The fraction of sp³-hybridized carbons (Fsp3) is 0.516. The number of rotatable bonds is 10. The van der Waals surface area contributed by atoms with E-state index in [0.717, 1.165) is 0 Å². The van der Waals surface area contributed by atoms with Crippen LogP contribution in [0.25, 0.3) is 0 Å². The Labute approximate surface area is 258 Å². The van der Waals surface area contributed by atoms with Gasteiger partial charge in [0.15, 0.2) is 23.1 Å². The zero-order chi connectivity index (χ0) is 33.4. The van der Waals surface area contributed by atoms with Gasteiger partial charge >= 0.3 is 12.1 Å². The predicted octanol–water partition coefficient (Wildman–Crippen LogP) is 4.61. The summed E-state index contributed by atoms with van der Waals surface area (Å²) in [4.78, 5) is 28.1. The summed E-state index contributed by atoms with van der Waals surface area (Å²) in [6.07, 6.45) is -8.12. The summed E-state index contributed by atoms with van der Waals surface area (Å²) in [5.74, 6) is -3.32. The molecule has 2 aromatic carbocycles. The number of carbonyl (C=O) groups excluding carboxylic acids is 2. The summed E-state index contributed by atoms with van der Waals surface area (Å²) in [7, 11) is 1.41. The van der Waals surface area contributed by atoms with Crippen LogP contribution in [0.15, 0.2) is 18.2 Å². The largest absolute Gasteiger partial charge is 0.494 e. The lowest BCUT2D eigenvalue weighted by Gasteiger charge is -2.29. The topological polar surface area (TPSA) is 122 Å². The van der Waals surface area contributed by atoms with Crippen molar-refractivity contribution in [1.82, 2.24) is 4.90 Å². The van der Waals surface area contributed by atoms with Gasteiger partial charge in [0.25, 0.3) is 0 Å². The van der Waals surface area contributed by atoms with Crippen LogP contribution in [0.5, 0.6) is 17.2 Å². The second kappa shape index (κ2) is 12.7. The molecule has 246 valence electrons. The van der Waals surface area contributed by atoms with E-state index < -0.39 is 41.4 Å². The molecule has 2 aliphatic heterocycles. The van der Waals surface area contributed by atoms with Gasteiger partial charge in [-0.05, 0) is 43.0 Å². The predicted molar refractivity (Wildman–Crippen MR) is 156 cm³/mol. The number of aliphatic hydroxyl groups excluding tert-OH is 1. The SMILES string of the molecule is CCOc1cc2c(c(F)c1OCC)C(=N)N(CC(=O)c1cc(N3C[C@@H](O)[C@@H](OC(=O)C(F)(F)F)C3)c(OC)c(C(C)(C)C)c1)C2. The first-order valence-electron chi connectivity index (χ1n) is 14.4. The van der Waals surface area contributed by atoms with E-state index in [1.54, 1.807) is 26.0 Å². The van der Waals surface area contributed by atoms with Gasteiger partial charge in [0.1, 0.15) is 23.8 Å². The van der Waals surface area contributed by atoms with Crippen molar-refractivity contribution in [2.75, 3.05) is 44.9 Å². The van der Waals surface area contributed by atoms with Crippen LogP contribution >= 0.6 is 0 Å². The summed E-state index contributed by atoms with van der Waals surface area (Å²) in [5, 5.41) is 19.1. The Morgan fingerprint density at radius 3 is 2.29 bits per heavy atom. The number of halogens is 4. The number of nitrogens with one attached hydrogen (secondary N) is 1. The Morgan fingerprint density at radius 2 is 1.71 bits per heavy atom. The first kappa shape index (κ1) is 33.8. The lowest BCUT2D eigenvalue weighted by atomic mass is 9.84. The quantitative estimate of drug-likeness (QED) is 0.218. The van der Waals surface area contributed by atoms with Crippen molar-refractivity contribution >= 4 is 23.3 Å². The Kier molecular flexibility index (Phi) is 9.57. The van der Waals surface area contributed by atoms with Crippen molar-refractivity contribution in [3.8, 4) is 17.2 Å². The zero-order valence-corrected chi connectivity index (χ0v) is 25.9. The molecule has 2 N–H and O–H groups in total. The molecule has 2 aliphatic rings. The van der Waals surface area contributed by atoms with E-state index in [-0.39, 0.29) is 67.9 Å². The fourth-order valence-corrected chi connectivity index (χ4v) is 5.48. The van der Waals surface area contributed by atoms with Gasteiger partial charge in [-0.15, -0.1) is 0 Å². The molecule has 4 rings (SSSR count). The highest BCUT2D eigenvalue weighted by atomic mass is 19.4. The number of carbonyl (C=O) groups is 2. The van der Waals surface area contributed by atoms with Crippen molar-refractivity contribution in [2.45, 2.75) is 65.0 Å². The number of aliphatic hydroxyl groups is 1. The minimum Gasteiger partial charge on any atom is -0.494 e. The molecule has 0 amide bonds. The number of amidine groups is 1. The van der Waals surface area contributed by atoms with Gasteiger partial charge in [0, 0.05) is 24.2 Å². The first-order valence-corrected chi connectivity index (χ1v) is 14.4. The Bertz CT molecular complexity index is 1490. The number of ether oxygens (including phenoxy) is 4. The number of β-amino-alcohol motifs (C(OH)–C–C–N with tert-alkyl or cyclic N) is 1. The second-order valence-electron chi connectivity index (χ2n) is 11.8. The Balaban J connectivity index is 1.66. The second-order valence-corrected chi connectivity index (χ2v) is 11.8. The molecule has 14 heteroatoms. The molecule has 2 heterocycles. The number of nitrogens with zero attached hydrogens (tertiary/aromatic N) is 2. The molecular weight excluding hydrogens is 602 g/mol. The van der Waals surface area contributed by atoms with Crippen LogP contribution in [0.3, 0.4) is 0 Å². The number of benzene rings is 2. The maximum atomic E-state index is 15.5. The fourth-order valence-electron chi connectivity index (χ4n) is 5.48. The molecule has 10 nitrogen and oxygen atoms in total. The number of hydrogen-bond acceptors (Lipinski definition) is 9. The van der Waals surface area contributed by atoms with E-state index in [1.807, 2.05) is 20.8 Å². The van der Waals surface area contributed by atoms with Gasteiger partial charge in [0.2, 0.25) is 0 Å². The molecule has 1 saturated heterocycles. The van der Waals surface area contributed by atoms with Gasteiger partial charge in [-0.25, -0.2) is 9.18 Å². The summed E-state index contributed by atoms with van der Waals surface area (Å²) in [5.41, 5.74) is 1.04. The number of esters is 1. The molecule has 0 bridgehead atoms. The highest BCUT2D eigenvalue weighted by molar-refractivity contribution is 6.06. The zero-order valence-electron chi connectivity index (χ0n) is 25.9. The van der Waals surface area contributed by atoms with Crippen LogP contribution in [-0.2, 0) is 21.5 Å². The van der Waals surface area contributed by atoms with Crippen molar-refractivity contribution in [2.24, 2.45) is 0 Å². The molecular formula is C31H37F4N3O7. The molecule has 0 aliphatic carbocycles. The van der Waals surface area contributed by atoms with Crippen molar-refractivity contribution in [3.05, 3.63) is 46.3 Å². The summed E-state index contributed by atoms with van der Waals surface area (Å²) in [6.45, 7) is 8.87. The summed E-state index contributed by atoms with van der Waals surface area (Å²) >= 11 is 0. The molecule has 2 aromatic rings. The molecule has 0 saturated carbocycles. The van der Waals surface area contributed by atoms with Gasteiger partial charge in [-0.2, -0.15) is 13.2 Å². The number of methoxy groups -OCH3 is 1. The normalized spacial score (nSPS) is 18.2. The van der Waals surface area contributed by atoms with Crippen molar-refractivity contribution in [1.29, 1.82) is 5.41 Å². The number of alkyl halides is 3. The van der Waals surface area contributed by atoms with Gasteiger partial charge in [-0.3, -0.25) is 10.2 Å². The average molecular weight is 640 g/mol. The van der Waals surface area contributed by atoms with E-state index in [9.17, 15) is 27.9 Å². The first-order chi connectivity index (χ1) is 21.0. The van der Waals surface area contributed by atoms with E-state index in [0.29, 0.717) is 22.6 Å². The highest BCUT2D eigenvalue weighted by Crippen LogP contribution is 2.42. The summed E-state index contributed by atoms with van der Waals surface area (Å²) in [6, 6.07) is 4.74. The lowest BCUT2D eigenvalue weighted by molar-refractivity contribution is -0.207. The van der Waals surface area contributed by atoms with E-state index in [4.69, 9.17) is 19.6 Å². The third-order valence-electron chi connectivity index (χ3n) is 7.58. The molecule has 45 heavy (non-hydrogen) atoms. The number of Topliss-reactive ketones (excluding diaryl/α,β-unsaturated/α-hetero) is 1. The minimum absolute atomic E-state index is 0.0194. The van der Waals surface area contributed by atoms with E-state index >= 15 is 4.39 Å². The van der Waals surface area contributed by atoms with Crippen LogP contribution in [0.4, 0.5) is 23.2 Å². The lowest BCUT2D eigenvalue weighted by Crippen LogP contribution is -2.36. The van der Waals surface area contributed by atoms with Crippen LogP contribution in [0.1, 0.15) is 61.7 Å². The standard InChI is InChI=1S/C31H37F4N3O7/c1-7-43-22-11-17-12-38(28(36)24(17)25(32)27(22)44-8-2)13-20(39)16-9-18(30(3,4)5)26(42-6)19(10-16)37-14-21(40)23(15-37)45-29(41)31(33,34)35/h9-11,21,23,36,40H,7-8,12-15H2,1-6H3/t21-,23+/m1/s1. The maximum Gasteiger partial charge on any atom is 0.490 e. The minimum atomic E-state index is -5.22.